The van der Waals surface area contributed by atoms with Gasteiger partial charge in [0.1, 0.15) is 11.6 Å². The summed E-state index contributed by atoms with van der Waals surface area (Å²) in [5.74, 6) is 0.551. The van der Waals surface area contributed by atoms with Crippen molar-refractivity contribution >= 4 is 5.82 Å². The summed E-state index contributed by atoms with van der Waals surface area (Å²) in [5, 5.41) is 25.3. The Balaban J connectivity index is 2.28. The first-order chi connectivity index (χ1) is 10.1. The molecule has 6 heteroatoms. The van der Waals surface area contributed by atoms with Crippen LogP contribution in [0.4, 0.5) is 5.82 Å². The number of anilines is 1. The van der Waals surface area contributed by atoms with Gasteiger partial charge in [0.2, 0.25) is 0 Å². The fourth-order valence-electron chi connectivity index (χ4n) is 2.31. The third kappa shape index (κ3) is 2.87. The first-order valence-corrected chi connectivity index (χ1v) is 7.12. The predicted molar refractivity (Wildman–Crippen MR) is 80.8 cm³/mol. The van der Waals surface area contributed by atoms with E-state index < -0.39 is 0 Å². The molecule has 0 aromatic carbocycles. The lowest BCUT2D eigenvalue weighted by Gasteiger charge is -2.11. The van der Waals surface area contributed by atoms with Crippen molar-refractivity contribution in [1.82, 2.24) is 20.0 Å². The van der Waals surface area contributed by atoms with Gasteiger partial charge in [0.05, 0.1) is 11.9 Å². The van der Waals surface area contributed by atoms with Crippen LogP contribution in [0.3, 0.4) is 0 Å². The topological polar surface area (TPSA) is 79.4 Å². The number of aromatic nitrogens is 4. The van der Waals surface area contributed by atoms with Gasteiger partial charge < -0.3 is 5.32 Å². The second-order valence-electron chi connectivity index (χ2n) is 4.90. The molecule has 0 spiro atoms. The number of nitriles is 1. The molecular weight excluding hydrogens is 264 g/mol. The number of hydrogen-bond acceptors (Lipinski definition) is 5. The first kappa shape index (κ1) is 15.0. The molecule has 0 aliphatic heterocycles. The molecule has 0 fully saturated rings. The van der Waals surface area contributed by atoms with Crippen LogP contribution >= 0.6 is 0 Å². The Hall–Kier alpha value is -2.42. The van der Waals surface area contributed by atoms with Crippen LogP contribution in [0.15, 0.2) is 6.20 Å². The van der Waals surface area contributed by atoms with Gasteiger partial charge in [0.25, 0.3) is 0 Å². The molecule has 6 nitrogen and oxygen atoms in total. The minimum absolute atomic E-state index is 0.551. The lowest BCUT2D eigenvalue weighted by Crippen LogP contribution is -2.10. The van der Waals surface area contributed by atoms with Gasteiger partial charge in [0.15, 0.2) is 5.82 Å². The summed E-state index contributed by atoms with van der Waals surface area (Å²) in [5.41, 5.74) is 4.67. The molecular formula is C15H20N6. The van der Waals surface area contributed by atoms with Crippen LogP contribution in [0.25, 0.3) is 0 Å². The molecule has 0 bridgehead atoms. The zero-order chi connectivity index (χ0) is 15.4. The summed E-state index contributed by atoms with van der Waals surface area (Å²) in [6, 6.07) is 2.26. The molecule has 0 saturated heterocycles. The van der Waals surface area contributed by atoms with E-state index in [1.165, 1.54) is 0 Å². The van der Waals surface area contributed by atoms with E-state index in [0.717, 1.165) is 35.4 Å². The van der Waals surface area contributed by atoms with E-state index in [0.29, 0.717) is 17.9 Å². The summed E-state index contributed by atoms with van der Waals surface area (Å²) in [6.45, 7) is 6.65. The monoisotopic (exact) mass is 284 g/mol. The molecule has 0 atom stereocenters. The highest BCUT2D eigenvalue weighted by Crippen LogP contribution is 2.20. The van der Waals surface area contributed by atoms with Gasteiger partial charge in [-0.2, -0.15) is 15.5 Å². The van der Waals surface area contributed by atoms with Crippen molar-refractivity contribution in [2.75, 3.05) is 5.32 Å². The molecule has 0 radical (unpaired) electrons. The highest BCUT2D eigenvalue weighted by molar-refractivity contribution is 5.56. The van der Waals surface area contributed by atoms with Gasteiger partial charge >= 0.3 is 0 Å². The first-order valence-electron chi connectivity index (χ1n) is 7.12. The molecule has 0 aliphatic rings. The highest BCUT2D eigenvalue weighted by atomic mass is 15.3. The third-order valence-corrected chi connectivity index (χ3v) is 3.74. The molecule has 2 aromatic heterocycles. The number of nitrogens with one attached hydrogen (secondary N) is 1. The number of rotatable bonds is 5. The predicted octanol–water partition coefficient (Wildman–Crippen LogP) is 2.13. The molecule has 2 rings (SSSR count). The maximum Gasteiger partial charge on any atom is 0.167 e. The van der Waals surface area contributed by atoms with E-state index in [2.05, 4.69) is 26.7 Å². The Morgan fingerprint density at radius 2 is 2.05 bits per heavy atom. The second kappa shape index (κ2) is 6.35. The normalized spacial score (nSPS) is 10.4. The Kier molecular flexibility index (Phi) is 4.53. The standard InChI is InChI=1S/C15H20N6/c1-5-12-13(7-16)15(20-19-14(12)6-2)17-8-11-9-18-21(4)10(11)3/h9H,5-6,8H2,1-4H3,(H,17,20). The Bertz CT molecular complexity index is 680. The molecule has 2 aromatic rings. The Morgan fingerprint density at radius 1 is 1.29 bits per heavy atom. The lowest BCUT2D eigenvalue weighted by molar-refractivity contribution is 0.738. The van der Waals surface area contributed by atoms with Crippen LogP contribution in [0.2, 0.25) is 0 Å². The van der Waals surface area contributed by atoms with Gasteiger partial charge in [-0.25, -0.2) is 0 Å². The van der Waals surface area contributed by atoms with E-state index >= 15 is 0 Å². The van der Waals surface area contributed by atoms with Crippen molar-refractivity contribution in [1.29, 1.82) is 5.26 Å². The largest absolute Gasteiger partial charge is 0.363 e. The molecule has 2 heterocycles. The number of aryl methyl sites for hydroxylation is 2. The van der Waals surface area contributed by atoms with Gasteiger partial charge in [-0.15, -0.1) is 5.10 Å². The zero-order valence-corrected chi connectivity index (χ0v) is 12.9. The maximum atomic E-state index is 9.43. The average Bonchev–Trinajstić information content (AvgIpc) is 2.83. The SMILES string of the molecule is CCc1nnc(NCc2cnn(C)c2C)c(C#N)c1CC. The fourth-order valence-corrected chi connectivity index (χ4v) is 2.31. The van der Waals surface area contributed by atoms with E-state index in [1.54, 1.807) is 0 Å². The minimum Gasteiger partial charge on any atom is -0.363 e. The van der Waals surface area contributed by atoms with Gasteiger partial charge in [0, 0.05) is 24.8 Å². The van der Waals surface area contributed by atoms with Crippen molar-refractivity contribution in [3.8, 4) is 6.07 Å². The smallest absolute Gasteiger partial charge is 0.167 e. The van der Waals surface area contributed by atoms with Crippen molar-refractivity contribution in [3.63, 3.8) is 0 Å². The zero-order valence-electron chi connectivity index (χ0n) is 12.9. The Labute approximate surface area is 124 Å². The van der Waals surface area contributed by atoms with Crippen LogP contribution in [-0.4, -0.2) is 20.0 Å². The van der Waals surface area contributed by atoms with Crippen LogP contribution in [-0.2, 0) is 26.4 Å². The molecule has 0 amide bonds. The maximum absolute atomic E-state index is 9.43. The quantitative estimate of drug-likeness (QED) is 0.909. The van der Waals surface area contributed by atoms with Crippen molar-refractivity contribution < 1.29 is 0 Å². The fraction of sp³-hybridized carbons (Fsp3) is 0.467. The third-order valence-electron chi connectivity index (χ3n) is 3.74. The Morgan fingerprint density at radius 3 is 2.57 bits per heavy atom. The van der Waals surface area contributed by atoms with Crippen molar-refractivity contribution in [2.45, 2.75) is 40.2 Å². The summed E-state index contributed by atoms with van der Waals surface area (Å²) in [4.78, 5) is 0. The van der Waals surface area contributed by atoms with Gasteiger partial charge in [-0.3, -0.25) is 4.68 Å². The summed E-state index contributed by atoms with van der Waals surface area (Å²) < 4.78 is 1.82. The minimum atomic E-state index is 0.551. The van der Waals surface area contributed by atoms with Crippen LogP contribution in [0, 0.1) is 18.3 Å². The second-order valence-corrected chi connectivity index (χ2v) is 4.90. The van der Waals surface area contributed by atoms with Crippen molar-refractivity contribution in [3.05, 3.63) is 34.3 Å². The summed E-state index contributed by atoms with van der Waals surface area (Å²) in [7, 11) is 1.91. The molecule has 21 heavy (non-hydrogen) atoms. The molecule has 0 aliphatic carbocycles. The van der Waals surface area contributed by atoms with Gasteiger partial charge in [-0.05, 0) is 25.3 Å². The molecule has 0 saturated carbocycles. The van der Waals surface area contributed by atoms with Crippen LogP contribution in [0.1, 0.15) is 41.9 Å². The van der Waals surface area contributed by atoms with Crippen LogP contribution < -0.4 is 5.32 Å². The molecule has 110 valence electrons. The van der Waals surface area contributed by atoms with Crippen LogP contribution in [0.5, 0.6) is 0 Å². The average molecular weight is 284 g/mol. The highest BCUT2D eigenvalue weighted by Gasteiger charge is 2.14. The summed E-state index contributed by atoms with van der Waals surface area (Å²) >= 11 is 0. The van der Waals surface area contributed by atoms with Crippen molar-refractivity contribution in [2.24, 2.45) is 7.05 Å². The van der Waals surface area contributed by atoms with E-state index in [-0.39, 0.29) is 0 Å². The number of nitrogens with zero attached hydrogens (tertiary/aromatic N) is 5. The molecule has 0 unspecified atom stereocenters. The number of hydrogen-bond donors (Lipinski definition) is 1. The van der Waals surface area contributed by atoms with E-state index in [1.807, 2.05) is 38.7 Å². The lowest BCUT2D eigenvalue weighted by atomic mass is 10.0. The van der Waals surface area contributed by atoms with E-state index in [9.17, 15) is 5.26 Å². The summed E-state index contributed by atoms with van der Waals surface area (Å²) in [6.07, 6.45) is 3.39. The van der Waals surface area contributed by atoms with Gasteiger partial charge in [-0.1, -0.05) is 13.8 Å². The molecule has 1 N–H and O–H groups in total. The van der Waals surface area contributed by atoms with E-state index in [4.69, 9.17) is 0 Å².